The molecule has 17 heavy (non-hydrogen) atoms. The molecule has 6 heteroatoms. The van der Waals surface area contributed by atoms with E-state index < -0.39 is 0 Å². The van der Waals surface area contributed by atoms with Gasteiger partial charge in [-0.1, -0.05) is 6.07 Å². The van der Waals surface area contributed by atoms with E-state index in [0.717, 1.165) is 20.7 Å². The van der Waals surface area contributed by atoms with Crippen molar-refractivity contribution in [2.75, 3.05) is 0 Å². The Kier molecular flexibility index (Phi) is 2.79. The number of aromatic nitrogens is 4. The summed E-state index contributed by atoms with van der Waals surface area (Å²) in [5, 5.41) is 4.26. The number of nitrogens with zero attached hydrogens (tertiary/aromatic N) is 4. The summed E-state index contributed by atoms with van der Waals surface area (Å²) in [4.78, 5) is 4.54. The zero-order chi connectivity index (χ0) is 11.8. The van der Waals surface area contributed by atoms with Crippen LogP contribution >= 0.6 is 34.2 Å². The second kappa shape index (κ2) is 4.30. The van der Waals surface area contributed by atoms with E-state index in [1.54, 1.807) is 10.9 Å². The first-order chi connectivity index (χ1) is 8.29. The minimum absolute atomic E-state index is 0.400. The fourth-order valence-corrected chi connectivity index (χ4v) is 2.40. The molecule has 0 amide bonds. The summed E-state index contributed by atoms with van der Waals surface area (Å²) in [5.74, 6) is 1.19. The molecule has 3 aromatic heterocycles. The van der Waals surface area contributed by atoms with Gasteiger partial charge in [0.15, 0.2) is 5.82 Å². The largest absolute Gasteiger partial charge is 0.301 e. The Hall–Kier alpha value is -1.08. The molecular weight excluding hydrogens is 351 g/mol. The number of rotatable bonds is 2. The van der Waals surface area contributed by atoms with Crippen molar-refractivity contribution < 1.29 is 0 Å². The zero-order valence-electron chi connectivity index (χ0n) is 8.72. The van der Waals surface area contributed by atoms with Crippen LogP contribution in [0.3, 0.4) is 0 Å². The highest BCUT2D eigenvalue weighted by atomic mass is 127. The Morgan fingerprint density at radius 1 is 1.35 bits per heavy atom. The van der Waals surface area contributed by atoms with E-state index in [1.807, 2.05) is 35.0 Å². The molecule has 0 saturated heterocycles. The lowest BCUT2D eigenvalue weighted by Crippen LogP contribution is -1.99. The number of imidazole rings is 1. The van der Waals surface area contributed by atoms with Crippen LogP contribution < -0.4 is 0 Å². The van der Waals surface area contributed by atoms with Crippen molar-refractivity contribution >= 4 is 39.8 Å². The minimum Gasteiger partial charge on any atom is -0.301 e. The monoisotopic (exact) mass is 358 g/mol. The van der Waals surface area contributed by atoms with Gasteiger partial charge in [0.25, 0.3) is 0 Å². The predicted molar refractivity (Wildman–Crippen MR) is 74.6 cm³/mol. The highest BCUT2D eigenvalue weighted by Gasteiger charge is 2.13. The molecule has 3 heterocycles. The van der Waals surface area contributed by atoms with Crippen molar-refractivity contribution in [3.8, 4) is 5.82 Å². The second-order valence-electron chi connectivity index (χ2n) is 3.55. The molecule has 0 fully saturated rings. The third-order valence-electron chi connectivity index (χ3n) is 2.50. The maximum Gasteiger partial charge on any atom is 0.176 e. The highest BCUT2D eigenvalue weighted by Crippen LogP contribution is 2.18. The Morgan fingerprint density at radius 3 is 2.94 bits per heavy atom. The molecule has 86 valence electrons. The molecule has 0 bridgehead atoms. The average molecular weight is 359 g/mol. The van der Waals surface area contributed by atoms with Gasteiger partial charge in [0.05, 0.1) is 21.3 Å². The van der Waals surface area contributed by atoms with Crippen LogP contribution in [0.25, 0.3) is 11.5 Å². The standard InChI is InChI=1S/C11H8ClIN4/c12-5-9-11(17-7-8(13)6-14-17)15-10-3-1-2-4-16(9)10/h1-4,6-7H,5H2. The van der Waals surface area contributed by atoms with E-state index >= 15 is 0 Å². The van der Waals surface area contributed by atoms with Gasteiger partial charge in [-0.15, -0.1) is 11.6 Å². The summed E-state index contributed by atoms with van der Waals surface area (Å²) < 4.78 is 4.81. The van der Waals surface area contributed by atoms with E-state index in [4.69, 9.17) is 11.6 Å². The molecule has 3 rings (SSSR count). The molecule has 0 radical (unpaired) electrons. The normalized spacial score (nSPS) is 11.2. The Morgan fingerprint density at radius 2 is 2.24 bits per heavy atom. The van der Waals surface area contributed by atoms with Gasteiger partial charge < -0.3 is 4.40 Å². The Labute approximate surface area is 116 Å². The van der Waals surface area contributed by atoms with E-state index in [1.165, 1.54) is 0 Å². The molecule has 0 aliphatic rings. The van der Waals surface area contributed by atoms with Crippen molar-refractivity contribution in [1.29, 1.82) is 0 Å². The van der Waals surface area contributed by atoms with Crippen LogP contribution in [-0.2, 0) is 5.88 Å². The summed E-state index contributed by atoms with van der Waals surface area (Å²) >= 11 is 8.22. The van der Waals surface area contributed by atoms with Crippen molar-refractivity contribution in [3.05, 3.63) is 46.1 Å². The van der Waals surface area contributed by atoms with Crippen LogP contribution in [-0.4, -0.2) is 19.2 Å². The molecule has 0 N–H and O–H groups in total. The van der Waals surface area contributed by atoms with Crippen molar-refractivity contribution in [2.45, 2.75) is 5.88 Å². The van der Waals surface area contributed by atoms with Crippen LogP contribution in [0, 0.1) is 3.57 Å². The molecule has 0 aromatic carbocycles. The van der Waals surface area contributed by atoms with Gasteiger partial charge in [0.2, 0.25) is 0 Å². The van der Waals surface area contributed by atoms with Crippen molar-refractivity contribution in [1.82, 2.24) is 19.2 Å². The molecule has 0 spiro atoms. The van der Waals surface area contributed by atoms with E-state index in [-0.39, 0.29) is 0 Å². The molecule has 0 atom stereocenters. The predicted octanol–water partition coefficient (Wildman–Crippen LogP) is 2.86. The van der Waals surface area contributed by atoms with Crippen LogP contribution in [0.1, 0.15) is 5.69 Å². The number of hydrogen-bond donors (Lipinski definition) is 0. The lowest BCUT2D eigenvalue weighted by atomic mass is 10.4. The van der Waals surface area contributed by atoms with Gasteiger partial charge in [-0.2, -0.15) is 5.10 Å². The van der Waals surface area contributed by atoms with Gasteiger partial charge in [0.1, 0.15) is 5.65 Å². The SMILES string of the molecule is ClCc1c(-n2cc(I)cn2)nc2ccccn12. The average Bonchev–Trinajstić information content (AvgIpc) is 2.91. The number of hydrogen-bond acceptors (Lipinski definition) is 2. The molecular formula is C11H8ClIN4. The maximum atomic E-state index is 6.01. The lowest BCUT2D eigenvalue weighted by molar-refractivity contribution is 0.843. The third kappa shape index (κ3) is 1.83. The maximum absolute atomic E-state index is 6.01. The molecule has 0 saturated carbocycles. The van der Waals surface area contributed by atoms with Crippen LogP contribution in [0.2, 0.25) is 0 Å². The number of fused-ring (bicyclic) bond motifs is 1. The van der Waals surface area contributed by atoms with Gasteiger partial charge >= 0.3 is 0 Å². The first-order valence-corrected chi connectivity index (χ1v) is 6.63. The first-order valence-electron chi connectivity index (χ1n) is 5.02. The van der Waals surface area contributed by atoms with E-state index in [9.17, 15) is 0 Å². The summed E-state index contributed by atoms with van der Waals surface area (Å²) in [7, 11) is 0. The molecule has 3 aromatic rings. The molecule has 0 aliphatic heterocycles. The summed E-state index contributed by atoms with van der Waals surface area (Å²) in [6, 6.07) is 5.87. The van der Waals surface area contributed by atoms with Gasteiger partial charge in [0, 0.05) is 12.4 Å². The van der Waals surface area contributed by atoms with Crippen LogP contribution in [0.5, 0.6) is 0 Å². The van der Waals surface area contributed by atoms with Gasteiger partial charge in [-0.25, -0.2) is 9.67 Å². The number of alkyl halides is 1. The second-order valence-corrected chi connectivity index (χ2v) is 5.06. The molecule has 4 nitrogen and oxygen atoms in total. The highest BCUT2D eigenvalue weighted by molar-refractivity contribution is 14.1. The lowest BCUT2D eigenvalue weighted by Gasteiger charge is -2.00. The smallest absolute Gasteiger partial charge is 0.176 e. The zero-order valence-corrected chi connectivity index (χ0v) is 11.6. The summed E-state index contributed by atoms with van der Waals surface area (Å²) in [6.45, 7) is 0. The van der Waals surface area contributed by atoms with Crippen LogP contribution in [0.4, 0.5) is 0 Å². The molecule has 0 unspecified atom stereocenters. The number of halogens is 2. The van der Waals surface area contributed by atoms with E-state index in [0.29, 0.717) is 5.88 Å². The topological polar surface area (TPSA) is 35.1 Å². The Bertz CT molecular complexity index is 673. The fourth-order valence-electron chi connectivity index (χ4n) is 1.76. The third-order valence-corrected chi connectivity index (χ3v) is 3.31. The first kappa shape index (κ1) is 11.0. The van der Waals surface area contributed by atoms with E-state index in [2.05, 4.69) is 32.7 Å². The van der Waals surface area contributed by atoms with Gasteiger partial charge in [-0.3, -0.25) is 0 Å². The number of pyridine rings is 1. The fraction of sp³-hybridized carbons (Fsp3) is 0.0909. The van der Waals surface area contributed by atoms with Crippen molar-refractivity contribution in [3.63, 3.8) is 0 Å². The van der Waals surface area contributed by atoms with Gasteiger partial charge in [-0.05, 0) is 34.7 Å². The van der Waals surface area contributed by atoms with Crippen LogP contribution in [0.15, 0.2) is 36.8 Å². The summed E-state index contributed by atoms with van der Waals surface area (Å²) in [5.41, 5.74) is 1.82. The summed E-state index contributed by atoms with van der Waals surface area (Å²) in [6.07, 6.45) is 5.68. The Balaban J connectivity index is 2.29. The quantitative estimate of drug-likeness (QED) is 0.521. The molecule has 0 aliphatic carbocycles. The minimum atomic E-state index is 0.400. The van der Waals surface area contributed by atoms with Crippen molar-refractivity contribution in [2.24, 2.45) is 0 Å².